The Hall–Kier alpha value is -2.31. The third-order valence-corrected chi connectivity index (χ3v) is 2.69. The highest BCUT2D eigenvalue weighted by Gasteiger charge is 2.10. The lowest BCUT2D eigenvalue weighted by molar-refractivity contribution is 0.0600. The highest BCUT2D eigenvalue weighted by atomic mass is 79.9. The normalized spacial score (nSPS) is 8.67. The summed E-state index contributed by atoms with van der Waals surface area (Å²) in [7, 11) is 1.29. The van der Waals surface area contributed by atoms with Crippen molar-refractivity contribution in [1.29, 1.82) is 10.5 Å². The van der Waals surface area contributed by atoms with Gasteiger partial charge in [-0.15, -0.1) is 0 Å². The second-order valence-electron chi connectivity index (χ2n) is 3.11. The Balaban J connectivity index is 3.01. The average molecular weight is 306 g/mol. The number of hydrogen-bond acceptors (Lipinski definition) is 5. The van der Waals surface area contributed by atoms with Gasteiger partial charge in [0.1, 0.15) is 17.7 Å². The minimum absolute atomic E-state index is 0.0578. The van der Waals surface area contributed by atoms with Gasteiger partial charge in [-0.05, 0) is 34.1 Å². The van der Waals surface area contributed by atoms with E-state index in [0.29, 0.717) is 15.7 Å². The maximum absolute atomic E-state index is 11.4. The highest BCUT2D eigenvalue weighted by molar-refractivity contribution is 9.10. The molecule has 0 unspecified atom stereocenters. The monoisotopic (exact) mass is 305 g/mol. The van der Waals surface area contributed by atoms with E-state index in [1.165, 1.54) is 13.3 Å². The summed E-state index contributed by atoms with van der Waals surface area (Å²) in [6.07, 6.45) is 1.27. The fraction of sp³-hybridized carbons (Fsp3) is 0.0833. The molecular weight excluding hydrogens is 298 g/mol. The van der Waals surface area contributed by atoms with E-state index in [4.69, 9.17) is 10.5 Å². The van der Waals surface area contributed by atoms with Crippen molar-refractivity contribution in [3.63, 3.8) is 0 Å². The van der Waals surface area contributed by atoms with Crippen LogP contribution in [0.25, 0.3) is 0 Å². The zero-order valence-electron chi connectivity index (χ0n) is 9.40. The van der Waals surface area contributed by atoms with Gasteiger partial charge in [0.2, 0.25) is 0 Å². The zero-order chi connectivity index (χ0) is 13.5. The summed E-state index contributed by atoms with van der Waals surface area (Å²) < 4.78 is 5.22. The third kappa shape index (κ3) is 3.34. The standard InChI is InChI=1S/C12H8BrN3O2/c1-18-12(17)10-4-9(2-3-11(10)13)16-7-8(5-14)6-15/h2-4,7,16H,1H3. The molecule has 0 heterocycles. The minimum atomic E-state index is -0.477. The molecule has 1 aromatic carbocycles. The number of halogens is 1. The van der Waals surface area contributed by atoms with E-state index in [-0.39, 0.29) is 5.57 Å². The van der Waals surface area contributed by atoms with Crippen molar-refractivity contribution in [3.8, 4) is 12.1 Å². The number of esters is 1. The SMILES string of the molecule is COC(=O)c1cc(NC=C(C#N)C#N)ccc1Br. The van der Waals surface area contributed by atoms with E-state index < -0.39 is 5.97 Å². The van der Waals surface area contributed by atoms with E-state index in [2.05, 4.69) is 26.0 Å². The average Bonchev–Trinajstić information content (AvgIpc) is 2.40. The summed E-state index contributed by atoms with van der Waals surface area (Å²) in [5.74, 6) is -0.477. The molecule has 0 saturated heterocycles. The quantitative estimate of drug-likeness (QED) is 0.685. The van der Waals surface area contributed by atoms with Gasteiger partial charge in [-0.3, -0.25) is 0 Å². The summed E-state index contributed by atoms with van der Waals surface area (Å²) in [5, 5.41) is 19.9. The number of nitriles is 2. The molecule has 0 radical (unpaired) electrons. The maximum Gasteiger partial charge on any atom is 0.339 e. The van der Waals surface area contributed by atoms with Gasteiger partial charge in [0.15, 0.2) is 0 Å². The summed E-state index contributed by atoms with van der Waals surface area (Å²) in [6.45, 7) is 0. The van der Waals surface area contributed by atoms with E-state index in [1.54, 1.807) is 30.3 Å². The molecular formula is C12H8BrN3O2. The molecule has 1 N–H and O–H groups in total. The number of nitrogens with one attached hydrogen (secondary N) is 1. The number of nitrogens with zero attached hydrogens (tertiary/aromatic N) is 2. The number of anilines is 1. The van der Waals surface area contributed by atoms with Crippen molar-refractivity contribution in [1.82, 2.24) is 0 Å². The lowest BCUT2D eigenvalue weighted by Crippen LogP contribution is -2.03. The predicted octanol–water partition coefficient (Wildman–Crippen LogP) is 2.58. The number of methoxy groups -OCH3 is 1. The molecule has 0 amide bonds. The summed E-state index contributed by atoms with van der Waals surface area (Å²) >= 11 is 3.23. The molecule has 5 nitrogen and oxygen atoms in total. The predicted molar refractivity (Wildman–Crippen MR) is 68.4 cm³/mol. The number of allylic oxidation sites excluding steroid dienone is 1. The first kappa shape index (κ1) is 13.8. The van der Waals surface area contributed by atoms with Crippen molar-refractivity contribution in [2.75, 3.05) is 12.4 Å². The molecule has 1 rings (SSSR count). The Morgan fingerprint density at radius 3 is 2.67 bits per heavy atom. The van der Waals surface area contributed by atoms with Crippen LogP contribution in [0.1, 0.15) is 10.4 Å². The second kappa shape index (κ2) is 6.43. The van der Waals surface area contributed by atoms with E-state index >= 15 is 0 Å². The number of benzene rings is 1. The second-order valence-corrected chi connectivity index (χ2v) is 3.97. The van der Waals surface area contributed by atoms with Crippen molar-refractivity contribution < 1.29 is 9.53 Å². The highest BCUT2D eigenvalue weighted by Crippen LogP contribution is 2.22. The molecule has 0 aliphatic heterocycles. The van der Waals surface area contributed by atoms with Crippen LogP contribution in [-0.4, -0.2) is 13.1 Å². The van der Waals surface area contributed by atoms with Crippen molar-refractivity contribution in [3.05, 3.63) is 40.0 Å². The molecule has 0 aliphatic carbocycles. The van der Waals surface area contributed by atoms with Crippen LogP contribution in [0.4, 0.5) is 5.69 Å². The summed E-state index contributed by atoms with van der Waals surface area (Å²) in [6, 6.07) is 8.35. The number of carbonyl (C=O) groups is 1. The van der Waals surface area contributed by atoms with Crippen molar-refractivity contribution >= 4 is 27.6 Å². The number of carbonyl (C=O) groups excluding carboxylic acids is 1. The Kier molecular flexibility index (Phi) is 4.91. The number of rotatable bonds is 3. The van der Waals surface area contributed by atoms with Gasteiger partial charge < -0.3 is 10.1 Å². The lowest BCUT2D eigenvalue weighted by Gasteiger charge is -2.06. The van der Waals surface area contributed by atoms with E-state index in [9.17, 15) is 4.79 Å². The van der Waals surface area contributed by atoms with Gasteiger partial charge in [-0.1, -0.05) is 0 Å². The molecule has 90 valence electrons. The minimum Gasteiger partial charge on any atom is -0.465 e. The van der Waals surface area contributed by atoms with Gasteiger partial charge >= 0.3 is 5.97 Å². The molecule has 0 atom stereocenters. The summed E-state index contributed by atoms with van der Waals surface area (Å²) in [4.78, 5) is 11.4. The first-order valence-corrected chi connectivity index (χ1v) is 5.56. The van der Waals surface area contributed by atoms with Crippen LogP contribution in [0.5, 0.6) is 0 Å². The van der Waals surface area contributed by atoms with Crippen molar-refractivity contribution in [2.45, 2.75) is 0 Å². The van der Waals surface area contributed by atoms with Gasteiger partial charge in [0.25, 0.3) is 0 Å². The Morgan fingerprint density at radius 2 is 2.11 bits per heavy atom. The number of hydrogen-bond donors (Lipinski definition) is 1. The fourth-order valence-electron chi connectivity index (χ4n) is 1.13. The van der Waals surface area contributed by atoms with Crippen LogP contribution < -0.4 is 5.32 Å². The first-order valence-electron chi connectivity index (χ1n) is 4.77. The van der Waals surface area contributed by atoms with Crippen LogP contribution in [0.3, 0.4) is 0 Å². The largest absolute Gasteiger partial charge is 0.465 e. The van der Waals surface area contributed by atoms with Crippen LogP contribution in [0, 0.1) is 22.7 Å². The third-order valence-electron chi connectivity index (χ3n) is 2.00. The molecule has 18 heavy (non-hydrogen) atoms. The topological polar surface area (TPSA) is 85.9 Å². The molecule has 1 aromatic rings. The molecule has 0 saturated carbocycles. The lowest BCUT2D eigenvalue weighted by atomic mass is 10.2. The first-order chi connectivity index (χ1) is 8.62. The molecule has 0 bridgehead atoms. The van der Waals surface area contributed by atoms with E-state index in [0.717, 1.165) is 0 Å². The zero-order valence-corrected chi connectivity index (χ0v) is 11.0. The molecule has 0 fully saturated rings. The Morgan fingerprint density at radius 1 is 1.44 bits per heavy atom. The molecule has 0 aromatic heterocycles. The van der Waals surface area contributed by atoms with Crippen molar-refractivity contribution in [2.24, 2.45) is 0 Å². The van der Waals surface area contributed by atoms with Gasteiger partial charge in [0.05, 0.1) is 12.7 Å². The van der Waals surface area contributed by atoms with Crippen LogP contribution >= 0.6 is 15.9 Å². The Labute approximate surface area is 112 Å². The van der Waals surface area contributed by atoms with Crippen LogP contribution in [0.15, 0.2) is 34.4 Å². The Bertz CT molecular complexity index is 566. The number of ether oxygens (including phenoxy) is 1. The van der Waals surface area contributed by atoms with E-state index in [1.807, 2.05) is 0 Å². The maximum atomic E-state index is 11.4. The fourth-order valence-corrected chi connectivity index (χ4v) is 1.53. The van der Waals surface area contributed by atoms with Crippen LogP contribution in [-0.2, 0) is 4.74 Å². The molecule has 0 aliphatic rings. The van der Waals surface area contributed by atoms with Gasteiger partial charge in [0, 0.05) is 16.4 Å². The van der Waals surface area contributed by atoms with Gasteiger partial charge in [-0.25, -0.2) is 4.79 Å². The smallest absolute Gasteiger partial charge is 0.339 e. The summed E-state index contributed by atoms with van der Waals surface area (Å²) in [5.41, 5.74) is 0.866. The molecule has 6 heteroatoms. The van der Waals surface area contributed by atoms with Gasteiger partial charge in [-0.2, -0.15) is 10.5 Å². The van der Waals surface area contributed by atoms with Crippen LogP contribution in [0.2, 0.25) is 0 Å². The molecule has 0 spiro atoms.